The number of nitrogens with zero attached hydrogens (tertiary/aromatic N) is 2. The van der Waals surface area contributed by atoms with Gasteiger partial charge in [0.25, 0.3) is 5.69 Å². The van der Waals surface area contributed by atoms with Crippen molar-refractivity contribution in [3.05, 3.63) is 39.7 Å². The summed E-state index contributed by atoms with van der Waals surface area (Å²) in [5, 5.41) is 18.8. The van der Waals surface area contributed by atoms with Crippen LogP contribution in [0.5, 0.6) is 0 Å². The van der Waals surface area contributed by atoms with E-state index in [1.165, 1.54) is 0 Å². The van der Waals surface area contributed by atoms with Gasteiger partial charge >= 0.3 is 0 Å². The van der Waals surface area contributed by atoms with Gasteiger partial charge in [0, 0.05) is 23.7 Å². The number of benzene rings is 1. The number of nitriles is 1. The van der Waals surface area contributed by atoms with Crippen LogP contribution in [0.15, 0.2) is 18.2 Å². The Kier molecular flexibility index (Phi) is 5.36. The third kappa shape index (κ3) is 3.15. The van der Waals surface area contributed by atoms with Gasteiger partial charge in [0.15, 0.2) is 0 Å². The lowest BCUT2D eigenvalue weighted by Crippen LogP contribution is -2.11. The Bertz CT molecular complexity index is 433. The number of nitro benzene ring substituents is 1. The van der Waals surface area contributed by atoms with Gasteiger partial charge in [-0.3, -0.25) is 10.1 Å². The molecule has 7 heteroatoms. The van der Waals surface area contributed by atoms with Crippen LogP contribution in [-0.4, -0.2) is 4.92 Å². The molecule has 0 saturated heterocycles. The maximum absolute atomic E-state index is 13.2. The summed E-state index contributed by atoms with van der Waals surface area (Å²) < 4.78 is 13.2. The normalized spacial score (nSPS) is 11.1. The lowest BCUT2D eigenvalue weighted by atomic mass is 10.0. The Morgan fingerprint density at radius 2 is 2.25 bits per heavy atom. The molecule has 0 spiro atoms. The quantitative estimate of drug-likeness (QED) is 0.652. The van der Waals surface area contributed by atoms with Crippen LogP contribution in [-0.2, 0) is 0 Å². The molecule has 5 nitrogen and oxygen atoms in total. The van der Waals surface area contributed by atoms with Crippen molar-refractivity contribution in [3.8, 4) is 6.07 Å². The van der Waals surface area contributed by atoms with Gasteiger partial charge in [-0.05, 0) is 6.07 Å². The Hall–Kier alpha value is -1.71. The van der Waals surface area contributed by atoms with Crippen molar-refractivity contribution in [2.75, 3.05) is 0 Å². The summed E-state index contributed by atoms with van der Waals surface area (Å²) in [7, 11) is 0. The van der Waals surface area contributed by atoms with Crippen molar-refractivity contribution in [1.29, 1.82) is 5.26 Å². The molecule has 86 valence electrons. The molecule has 0 fully saturated rings. The molecule has 2 N–H and O–H groups in total. The number of rotatable bonds is 3. The molecule has 1 atom stereocenters. The molecule has 0 saturated carbocycles. The number of halogens is 2. The molecule has 0 bridgehead atoms. The molecule has 0 aliphatic carbocycles. The van der Waals surface area contributed by atoms with Crippen LogP contribution in [0.4, 0.5) is 10.1 Å². The minimum absolute atomic E-state index is 0. The van der Waals surface area contributed by atoms with Crippen molar-refractivity contribution in [2.45, 2.75) is 12.5 Å². The second-order valence-electron chi connectivity index (χ2n) is 2.93. The van der Waals surface area contributed by atoms with Crippen molar-refractivity contribution in [2.24, 2.45) is 5.73 Å². The van der Waals surface area contributed by atoms with Crippen molar-refractivity contribution in [3.63, 3.8) is 0 Å². The van der Waals surface area contributed by atoms with Crippen LogP contribution in [0.1, 0.15) is 18.0 Å². The van der Waals surface area contributed by atoms with Gasteiger partial charge < -0.3 is 5.73 Å². The third-order valence-electron chi connectivity index (χ3n) is 1.90. The third-order valence-corrected chi connectivity index (χ3v) is 1.90. The standard InChI is InChI=1S/C9H8FN3O2.ClH/c10-8-2-1-6(13(14)15)5-7(8)9(12)3-4-11;/h1-2,5,9H,3,12H2;1H/t9-;/m0./s1. The van der Waals surface area contributed by atoms with Gasteiger partial charge in [0.05, 0.1) is 17.4 Å². The van der Waals surface area contributed by atoms with E-state index in [0.29, 0.717) is 0 Å². The number of hydrogen-bond donors (Lipinski definition) is 1. The number of non-ortho nitro benzene ring substituents is 1. The highest BCUT2D eigenvalue weighted by Crippen LogP contribution is 2.22. The molecule has 0 aliphatic heterocycles. The van der Waals surface area contributed by atoms with E-state index >= 15 is 0 Å². The van der Waals surface area contributed by atoms with Gasteiger partial charge in [0.2, 0.25) is 0 Å². The highest BCUT2D eigenvalue weighted by Gasteiger charge is 2.15. The largest absolute Gasteiger partial charge is 0.323 e. The van der Waals surface area contributed by atoms with E-state index in [0.717, 1.165) is 18.2 Å². The summed E-state index contributed by atoms with van der Waals surface area (Å²) in [6.45, 7) is 0. The molecule has 0 unspecified atom stereocenters. The van der Waals surface area contributed by atoms with Gasteiger partial charge in [-0.1, -0.05) is 0 Å². The van der Waals surface area contributed by atoms with E-state index in [-0.39, 0.29) is 30.1 Å². The summed E-state index contributed by atoms with van der Waals surface area (Å²) in [6, 6.07) is 4.03. The van der Waals surface area contributed by atoms with E-state index in [9.17, 15) is 14.5 Å². The molecular weight excluding hydrogens is 237 g/mol. The van der Waals surface area contributed by atoms with Crippen LogP contribution < -0.4 is 5.73 Å². The predicted octanol–water partition coefficient (Wildman–Crippen LogP) is 2.07. The Morgan fingerprint density at radius 3 is 2.75 bits per heavy atom. The summed E-state index contributed by atoms with van der Waals surface area (Å²) in [6.07, 6.45) is -0.0852. The van der Waals surface area contributed by atoms with E-state index < -0.39 is 16.8 Å². The summed E-state index contributed by atoms with van der Waals surface area (Å²) in [5.74, 6) is -0.636. The van der Waals surface area contributed by atoms with Crippen molar-refractivity contribution in [1.82, 2.24) is 0 Å². The fraction of sp³-hybridized carbons (Fsp3) is 0.222. The lowest BCUT2D eigenvalue weighted by molar-refractivity contribution is -0.385. The lowest BCUT2D eigenvalue weighted by Gasteiger charge is -2.08. The van der Waals surface area contributed by atoms with Gasteiger partial charge in [-0.2, -0.15) is 5.26 Å². The average molecular weight is 246 g/mol. The fourth-order valence-electron chi connectivity index (χ4n) is 1.14. The van der Waals surface area contributed by atoms with Crippen LogP contribution >= 0.6 is 12.4 Å². The minimum atomic E-state index is -0.838. The maximum atomic E-state index is 13.2. The fourth-order valence-corrected chi connectivity index (χ4v) is 1.14. The van der Waals surface area contributed by atoms with E-state index in [4.69, 9.17) is 11.0 Å². The minimum Gasteiger partial charge on any atom is -0.323 e. The molecule has 16 heavy (non-hydrogen) atoms. The van der Waals surface area contributed by atoms with Gasteiger partial charge in [-0.15, -0.1) is 12.4 Å². The highest BCUT2D eigenvalue weighted by atomic mass is 35.5. The summed E-state index contributed by atoms with van der Waals surface area (Å²) in [5.41, 5.74) is 5.25. The van der Waals surface area contributed by atoms with E-state index in [1.54, 1.807) is 6.07 Å². The molecule has 0 heterocycles. The van der Waals surface area contributed by atoms with Gasteiger partial charge in [-0.25, -0.2) is 4.39 Å². The summed E-state index contributed by atoms with van der Waals surface area (Å²) in [4.78, 5) is 9.79. The first-order valence-electron chi connectivity index (χ1n) is 4.12. The zero-order valence-electron chi connectivity index (χ0n) is 8.09. The van der Waals surface area contributed by atoms with Crippen molar-refractivity contribution >= 4 is 18.1 Å². The maximum Gasteiger partial charge on any atom is 0.269 e. The monoisotopic (exact) mass is 245 g/mol. The van der Waals surface area contributed by atoms with Crippen LogP contribution in [0.2, 0.25) is 0 Å². The molecule has 1 rings (SSSR count). The molecule has 0 radical (unpaired) electrons. The zero-order valence-corrected chi connectivity index (χ0v) is 8.91. The Morgan fingerprint density at radius 1 is 1.62 bits per heavy atom. The zero-order chi connectivity index (χ0) is 11.4. The smallest absolute Gasteiger partial charge is 0.269 e. The number of hydrogen-bond acceptors (Lipinski definition) is 4. The number of nitrogens with two attached hydrogens (primary N) is 1. The highest BCUT2D eigenvalue weighted by molar-refractivity contribution is 5.85. The Balaban J connectivity index is 0.00000225. The average Bonchev–Trinajstić information content (AvgIpc) is 2.18. The first kappa shape index (κ1) is 14.3. The number of nitro groups is 1. The SMILES string of the molecule is Cl.N#CC[C@H](N)c1cc([N+](=O)[O-])ccc1F. The summed E-state index contributed by atoms with van der Waals surface area (Å²) >= 11 is 0. The molecular formula is C9H9ClFN3O2. The van der Waals surface area contributed by atoms with Crippen LogP contribution in [0.25, 0.3) is 0 Å². The van der Waals surface area contributed by atoms with E-state index in [2.05, 4.69) is 0 Å². The predicted molar refractivity (Wildman–Crippen MR) is 57.5 cm³/mol. The van der Waals surface area contributed by atoms with Crippen molar-refractivity contribution < 1.29 is 9.31 Å². The second-order valence-corrected chi connectivity index (χ2v) is 2.93. The molecule has 1 aromatic rings. The Labute approximate surface area is 97.2 Å². The van der Waals surface area contributed by atoms with Crippen LogP contribution in [0, 0.1) is 27.3 Å². The molecule has 1 aromatic carbocycles. The molecule has 0 amide bonds. The van der Waals surface area contributed by atoms with Crippen LogP contribution in [0.3, 0.4) is 0 Å². The topological polar surface area (TPSA) is 93.0 Å². The molecule has 0 aliphatic rings. The first-order chi connectivity index (χ1) is 7.06. The van der Waals surface area contributed by atoms with Gasteiger partial charge in [0.1, 0.15) is 5.82 Å². The second kappa shape index (κ2) is 6.00. The molecule has 0 aromatic heterocycles. The van der Waals surface area contributed by atoms with E-state index in [1.807, 2.05) is 0 Å². The first-order valence-corrected chi connectivity index (χ1v) is 4.12.